The van der Waals surface area contributed by atoms with Gasteiger partial charge in [-0.15, -0.1) is 0 Å². The molecule has 2 amide bonds. The number of fused-ring (bicyclic) bond motifs is 1. The van der Waals surface area contributed by atoms with Crippen LogP contribution >= 0.6 is 0 Å². The Hall–Kier alpha value is -4.19. The third-order valence-electron chi connectivity index (χ3n) is 5.82. The molecule has 0 unspecified atom stereocenters. The van der Waals surface area contributed by atoms with E-state index in [2.05, 4.69) is 0 Å². The molecule has 0 N–H and O–H groups in total. The van der Waals surface area contributed by atoms with Crippen molar-refractivity contribution < 1.29 is 23.9 Å². The number of hydrogen-bond donors (Lipinski definition) is 0. The number of unbranched alkanes of at least 4 members (excludes halogenated alkanes) is 2. The average Bonchev–Trinajstić information content (AvgIpc) is 3.13. The Bertz CT molecular complexity index is 1210. The Morgan fingerprint density at radius 3 is 2.11 bits per heavy atom. The molecule has 0 atom stereocenters. The fraction of sp³-hybridized carbons (Fsp3) is 0.207. The lowest BCUT2D eigenvalue weighted by Crippen LogP contribution is -2.30. The van der Waals surface area contributed by atoms with Crippen molar-refractivity contribution in [1.82, 2.24) is 4.90 Å². The molecule has 3 aromatic rings. The number of benzene rings is 3. The molecule has 3 aromatic carbocycles. The standard InChI is InChI=1S/C29H27NO5/c1-34-26-20-22(16-15-21-10-4-2-5-11-21)17-18-25(26)35-27(31)14-6-3-9-19-30-28(32)23-12-7-8-13-24(23)29(30)33/h2,4-5,7-8,10-13,15-18,20H,3,6,9,14,19H2,1H3/b16-15+. The second-order valence-corrected chi connectivity index (χ2v) is 8.25. The molecule has 0 saturated heterocycles. The van der Waals surface area contributed by atoms with E-state index in [-0.39, 0.29) is 24.2 Å². The van der Waals surface area contributed by atoms with Crippen LogP contribution in [-0.4, -0.2) is 36.3 Å². The van der Waals surface area contributed by atoms with Crippen LogP contribution in [-0.2, 0) is 4.79 Å². The monoisotopic (exact) mass is 469 g/mol. The maximum atomic E-state index is 12.4. The minimum atomic E-state index is -0.350. The summed E-state index contributed by atoms with van der Waals surface area (Å²) in [7, 11) is 1.54. The van der Waals surface area contributed by atoms with E-state index < -0.39 is 0 Å². The van der Waals surface area contributed by atoms with E-state index in [0.29, 0.717) is 48.4 Å². The zero-order chi connectivity index (χ0) is 24.6. The van der Waals surface area contributed by atoms with Gasteiger partial charge in [0.1, 0.15) is 0 Å². The Labute approximate surface area is 204 Å². The van der Waals surface area contributed by atoms with Crippen LogP contribution in [0.4, 0.5) is 0 Å². The number of ether oxygens (including phenoxy) is 2. The average molecular weight is 470 g/mol. The van der Waals surface area contributed by atoms with Crippen molar-refractivity contribution in [3.05, 3.63) is 95.1 Å². The number of esters is 1. The number of hydrogen-bond acceptors (Lipinski definition) is 5. The van der Waals surface area contributed by atoms with Crippen molar-refractivity contribution in [2.75, 3.05) is 13.7 Å². The Balaban J connectivity index is 1.23. The van der Waals surface area contributed by atoms with Crippen molar-refractivity contribution in [2.24, 2.45) is 0 Å². The lowest BCUT2D eigenvalue weighted by molar-refractivity contribution is -0.134. The lowest BCUT2D eigenvalue weighted by atomic mass is 10.1. The van der Waals surface area contributed by atoms with Gasteiger partial charge in [-0.2, -0.15) is 0 Å². The third kappa shape index (κ3) is 5.84. The van der Waals surface area contributed by atoms with Crippen LogP contribution < -0.4 is 9.47 Å². The molecule has 0 bridgehead atoms. The first-order chi connectivity index (χ1) is 17.1. The van der Waals surface area contributed by atoms with Crippen LogP contribution in [0, 0.1) is 0 Å². The van der Waals surface area contributed by atoms with Crippen LogP contribution in [0.3, 0.4) is 0 Å². The minimum absolute atomic E-state index is 0.237. The summed E-state index contributed by atoms with van der Waals surface area (Å²) in [6.07, 6.45) is 6.14. The third-order valence-corrected chi connectivity index (χ3v) is 5.82. The Morgan fingerprint density at radius 2 is 1.43 bits per heavy atom. The Kier molecular flexibility index (Phi) is 7.73. The first-order valence-electron chi connectivity index (χ1n) is 11.6. The van der Waals surface area contributed by atoms with Gasteiger partial charge in [0.05, 0.1) is 18.2 Å². The highest BCUT2D eigenvalue weighted by Gasteiger charge is 2.34. The van der Waals surface area contributed by atoms with E-state index in [1.165, 1.54) is 12.0 Å². The van der Waals surface area contributed by atoms with Gasteiger partial charge in [0.2, 0.25) is 0 Å². The summed E-state index contributed by atoms with van der Waals surface area (Å²) in [5.41, 5.74) is 2.93. The van der Waals surface area contributed by atoms with E-state index in [1.807, 2.05) is 54.6 Å². The van der Waals surface area contributed by atoms with Crippen molar-refractivity contribution in [3.8, 4) is 11.5 Å². The molecule has 6 nitrogen and oxygen atoms in total. The van der Waals surface area contributed by atoms with Crippen LogP contribution in [0.25, 0.3) is 12.2 Å². The van der Waals surface area contributed by atoms with Crippen molar-refractivity contribution >= 4 is 29.9 Å². The highest BCUT2D eigenvalue weighted by molar-refractivity contribution is 6.21. The second kappa shape index (κ2) is 11.3. The number of imide groups is 1. The Morgan fingerprint density at radius 1 is 0.771 bits per heavy atom. The van der Waals surface area contributed by atoms with Gasteiger partial charge in [0.25, 0.3) is 11.8 Å². The summed E-state index contributed by atoms with van der Waals surface area (Å²) in [5.74, 6) is 0.00881. The molecule has 1 heterocycles. The fourth-order valence-corrected chi connectivity index (χ4v) is 3.96. The number of methoxy groups -OCH3 is 1. The van der Waals surface area contributed by atoms with Gasteiger partial charge >= 0.3 is 5.97 Å². The molecule has 178 valence electrons. The number of carbonyl (C=O) groups excluding carboxylic acids is 3. The molecular formula is C29H27NO5. The van der Waals surface area contributed by atoms with Gasteiger partial charge in [-0.3, -0.25) is 19.3 Å². The van der Waals surface area contributed by atoms with Gasteiger partial charge in [-0.25, -0.2) is 0 Å². The molecule has 0 saturated carbocycles. The molecule has 6 heteroatoms. The van der Waals surface area contributed by atoms with Gasteiger partial charge in [-0.05, 0) is 48.2 Å². The van der Waals surface area contributed by atoms with E-state index >= 15 is 0 Å². The topological polar surface area (TPSA) is 72.9 Å². The number of nitrogens with zero attached hydrogens (tertiary/aromatic N) is 1. The predicted octanol–water partition coefficient (Wildman–Crippen LogP) is 5.63. The highest BCUT2D eigenvalue weighted by Crippen LogP contribution is 2.29. The molecular weight excluding hydrogens is 442 g/mol. The SMILES string of the molecule is COc1cc(/C=C/c2ccccc2)ccc1OC(=O)CCCCCN1C(=O)c2ccccc2C1=O. The van der Waals surface area contributed by atoms with Gasteiger partial charge < -0.3 is 9.47 Å². The van der Waals surface area contributed by atoms with Gasteiger partial charge in [0, 0.05) is 13.0 Å². The molecule has 0 spiro atoms. The summed E-state index contributed by atoms with van der Waals surface area (Å²) >= 11 is 0. The van der Waals surface area contributed by atoms with Crippen LogP contribution in [0.15, 0.2) is 72.8 Å². The van der Waals surface area contributed by atoms with E-state index in [1.54, 1.807) is 30.3 Å². The molecule has 0 fully saturated rings. The molecule has 0 aliphatic carbocycles. The highest BCUT2D eigenvalue weighted by atomic mass is 16.6. The van der Waals surface area contributed by atoms with Crippen LogP contribution in [0.5, 0.6) is 11.5 Å². The summed E-state index contributed by atoms with van der Waals surface area (Å²) in [6.45, 7) is 0.340. The first-order valence-corrected chi connectivity index (χ1v) is 11.6. The van der Waals surface area contributed by atoms with Gasteiger partial charge in [-0.1, -0.05) is 67.1 Å². The zero-order valence-electron chi connectivity index (χ0n) is 19.6. The lowest BCUT2D eigenvalue weighted by Gasteiger charge is -2.13. The summed E-state index contributed by atoms with van der Waals surface area (Å²) in [6, 6.07) is 22.2. The summed E-state index contributed by atoms with van der Waals surface area (Å²) in [5, 5.41) is 0. The number of amides is 2. The number of carbonyl (C=O) groups is 3. The quantitative estimate of drug-likeness (QED) is 0.127. The summed E-state index contributed by atoms with van der Waals surface area (Å²) < 4.78 is 10.9. The van der Waals surface area contributed by atoms with E-state index in [9.17, 15) is 14.4 Å². The molecule has 0 aromatic heterocycles. The minimum Gasteiger partial charge on any atom is -0.493 e. The maximum Gasteiger partial charge on any atom is 0.311 e. The molecule has 4 rings (SSSR count). The normalized spacial score (nSPS) is 12.8. The second-order valence-electron chi connectivity index (χ2n) is 8.25. The first kappa shape index (κ1) is 24.0. The van der Waals surface area contributed by atoms with Gasteiger partial charge in [0.15, 0.2) is 11.5 Å². The molecule has 1 aliphatic heterocycles. The molecule has 0 radical (unpaired) electrons. The predicted molar refractivity (Wildman–Crippen MR) is 134 cm³/mol. The van der Waals surface area contributed by atoms with Crippen molar-refractivity contribution in [2.45, 2.75) is 25.7 Å². The van der Waals surface area contributed by atoms with Crippen molar-refractivity contribution in [1.29, 1.82) is 0 Å². The maximum absolute atomic E-state index is 12.4. The van der Waals surface area contributed by atoms with Crippen molar-refractivity contribution in [3.63, 3.8) is 0 Å². The van der Waals surface area contributed by atoms with Crippen LogP contribution in [0.2, 0.25) is 0 Å². The zero-order valence-corrected chi connectivity index (χ0v) is 19.6. The van der Waals surface area contributed by atoms with E-state index in [4.69, 9.17) is 9.47 Å². The molecule has 35 heavy (non-hydrogen) atoms. The largest absolute Gasteiger partial charge is 0.493 e. The summed E-state index contributed by atoms with van der Waals surface area (Å²) in [4.78, 5) is 38.4. The smallest absolute Gasteiger partial charge is 0.311 e. The van der Waals surface area contributed by atoms with Crippen LogP contribution in [0.1, 0.15) is 57.5 Å². The molecule has 1 aliphatic rings. The number of rotatable bonds is 10. The fourth-order valence-electron chi connectivity index (χ4n) is 3.96. The van der Waals surface area contributed by atoms with E-state index in [0.717, 1.165) is 11.1 Å².